The molecule has 1 unspecified atom stereocenters. The van der Waals surface area contributed by atoms with Crippen LogP contribution in [0.4, 0.5) is 0 Å². The Labute approximate surface area is 131 Å². The van der Waals surface area contributed by atoms with Crippen LogP contribution in [-0.2, 0) is 24.4 Å². The zero-order valence-electron chi connectivity index (χ0n) is 13.3. The third-order valence-electron chi connectivity index (χ3n) is 4.95. The normalized spacial score (nSPS) is 20.8. The van der Waals surface area contributed by atoms with Crippen molar-refractivity contribution in [1.29, 1.82) is 0 Å². The Hall–Kier alpha value is -1.40. The van der Waals surface area contributed by atoms with Crippen molar-refractivity contribution < 1.29 is 9.90 Å². The first kappa shape index (κ1) is 15.5. The van der Waals surface area contributed by atoms with E-state index in [-0.39, 0.29) is 18.6 Å². The van der Waals surface area contributed by atoms with Crippen LogP contribution in [0.2, 0.25) is 0 Å². The largest absolute Gasteiger partial charge is 0.394 e. The molecule has 2 aliphatic rings. The van der Waals surface area contributed by atoms with E-state index >= 15 is 0 Å². The minimum atomic E-state index is -0.128. The molecule has 1 saturated carbocycles. The number of aliphatic hydroxyl groups is 1. The van der Waals surface area contributed by atoms with Crippen LogP contribution < -0.4 is 5.32 Å². The van der Waals surface area contributed by atoms with Crippen LogP contribution >= 0.6 is 0 Å². The van der Waals surface area contributed by atoms with Gasteiger partial charge in [0.2, 0.25) is 5.91 Å². The molecule has 1 aliphatic carbocycles. The number of aliphatic hydroxyl groups excluding tert-OH is 1. The first-order valence-corrected chi connectivity index (χ1v) is 8.38. The molecule has 1 aliphatic heterocycles. The predicted molar refractivity (Wildman–Crippen MR) is 83.0 cm³/mol. The number of hydrogen-bond donors (Lipinski definition) is 2. The highest BCUT2D eigenvalue weighted by Crippen LogP contribution is 2.25. The van der Waals surface area contributed by atoms with Gasteiger partial charge in [-0.15, -0.1) is 0 Å². The standard InChI is InChI=1S/C16H26N4O2/c1-12(16(22)18-14-5-3-2-4-6-14)19-10-13-9-17-20(7-8-21)15(13)11-19/h9,12,14,21H,2-8,10-11H2,1H3,(H,18,22). The van der Waals surface area contributed by atoms with Crippen molar-refractivity contribution in [3.8, 4) is 0 Å². The summed E-state index contributed by atoms with van der Waals surface area (Å²) in [4.78, 5) is 14.6. The van der Waals surface area contributed by atoms with E-state index in [0.29, 0.717) is 12.6 Å². The van der Waals surface area contributed by atoms with E-state index in [2.05, 4.69) is 15.3 Å². The van der Waals surface area contributed by atoms with E-state index < -0.39 is 0 Å². The molecule has 2 N–H and O–H groups in total. The zero-order valence-corrected chi connectivity index (χ0v) is 13.3. The van der Waals surface area contributed by atoms with Crippen molar-refractivity contribution in [2.45, 2.75) is 70.7 Å². The number of hydrogen-bond acceptors (Lipinski definition) is 4. The fraction of sp³-hybridized carbons (Fsp3) is 0.750. The van der Waals surface area contributed by atoms with Crippen LogP contribution in [0.1, 0.15) is 50.3 Å². The summed E-state index contributed by atoms with van der Waals surface area (Å²) < 4.78 is 1.85. The lowest BCUT2D eigenvalue weighted by atomic mass is 9.95. The van der Waals surface area contributed by atoms with Gasteiger partial charge in [0, 0.05) is 24.7 Å². The summed E-state index contributed by atoms with van der Waals surface area (Å²) in [6.07, 6.45) is 7.84. The molecular formula is C16H26N4O2. The summed E-state index contributed by atoms with van der Waals surface area (Å²) in [5, 5.41) is 16.6. The number of nitrogens with one attached hydrogen (secondary N) is 1. The summed E-state index contributed by atoms with van der Waals surface area (Å²) in [5.41, 5.74) is 2.30. The Balaban J connectivity index is 1.57. The van der Waals surface area contributed by atoms with E-state index in [4.69, 9.17) is 5.11 Å². The predicted octanol–water partition coefficient (Wildman–Crippen LogP) is 1.03. The van der Waals surface area contributed by atoms with Gasteiger partial charge in [0.15, 0.2) is 0 Å². The lowest BCUT2D eigenvalue weighted by molar-refractivity contribution is -0.127. The second-order valence-corrected chi connectivity index (χ2v) is 6.49. The molecule has 22 heavy (non-hydrogen) atoms. The van der Waals surface area contributed by atoms with Gasteiger partial charge in [-0.2, -0.15) is 5.10 Å². The molecule has 0 spiro atoms. The first-order valence-electron chi connectivity index (χ1n) is 8.38. The van der Waals surface area contributed by atoms with E-state index in [1.165, 1.54) is 24.8 Å². The van der Waals surface area contributed by atoms with Crippen LogP contribution in [0.25, 0.3) is 0 Å². The molecule has 0 aromatic carbocycles. The summed E-state index contributed by atoms with van der Waals surface area (Å²) >= 11 is 0. The van der Waals surface area contributed by atoms with E-state index in [0.717, 1.165) is 31.6 Å². The fourth-order valence-electron chi connectivity index (χ4n) is 3.53. The Kier molecular flexibility index (Phi) is 4.78. The Bertz CT molecular complexity index is 522. The molecule has 0 radical (unpaired) electrons. The van der Waals surface area contributed by atoms with Crippen molar-refractivity contribution in [3.05, 3.63) is 17.5 Å². The molecule has 6 heteroatoms. The Morgan fingerprint density at radius 3 is 2.91 bits per heavy atom. The SMILES string of the molecule is CC(C(=O)NC1CCCCC1)N1Cc2cnn(CCO)c2C1. The third-order valence-corrected chi connectivity index (χ3v) is 4.95. The van der Waals surface area contributed by atoms with Gasteiger partial charge < -0.3 is 10.4 Å². The lowest BCUT2D eigenvalue weighted by Gasteiger charge is -2.28. The number of carbonyl (C=O) groups excluding carboxylic acids is 1. The van der Waals surface area contributed by atoms with Gasteiger partial charge >= 0.3 is 0 Å². The minimum Gasteiger partial charge on any atom is -0.394 e. The number of nitrogens with zero attached hydrogens (tertiary/aromatic N) is 3. The van der Waals surface area contributed by atoms with Gasteiger partial charge in [0.05, 0.1) is 31.1 Å². The molecule has 0 saturated heterocycles. The van der Waals surface area contributed by atoms with Gasteiger partial charge in [-0.05, 0) is 19.8 Å². The molecule has 1 aromatic rings. The van der Waals surface area contributed by atoms with Crippen molar-refractivity contribution in [3.63, 3.8) is 0 Å². The topological polar surface area (TPSA) is 70.4 Å². The van der Waals surface area contributed by atoms with Crippen LogP contribution in [0, 0.1) is 0 Å². The van der Waals surface area contributed by atoms with Crippen molar-refractivity contribution >= 4 is 5.91 Å². The van der Waals surface area contributed by atoms with Gasteiger partial charge in [-0.1, -0.05) is 19.3 Å². The van der Waals surface area contributed by atoms with E-state index in [9.17, 15) is 4.79 Å². The number of carbonyl (C=O) groups is 1. The van der Waals surface area contributed by atoms with Gasteiger partial charge in [-0.25, -0.2) is 0 Å². The van der Waals surface area contributed by atoms with Gasteiger partial charge in [0.1, 0.15) is 0 Å². The van der Waals surface area contributed by atoms with Crippen LogP contribution in [0.3, 0.4) is 0 Å². The molecule has 2 heterocycles. The fourth-order valence-corrected chi connectivity index (χ4v) is 3.53. The Morgan fingerprint density at radius 1 is 1.41 bits per heavy atom. The maximum Gasteiger partial charge on any atom is 0.237 e. The molecule has 1 atom stereocenters. The highest BCUT2D eigenvalue weighted by molar-refractivity contribution is 5.81. The maximum absolute atomic E-state index is 12.5. The minimum absolute atomic E-state index is 0.0891. The Morgan fingerprint density at radius 2 is 2.18 bits per heavy atom. The monoisotopic (exact) mass is 306 g/mol. The van der Waals surface area contributed by atoms with E-state index in [1.807, 2.05) is 17.8 Å². The molecule has 1 fully saturated rings. The van der Waals surface area contributed by atoms with Gasteiger partial charge in [-0.3, -0.25) is 14.4 Å². The summed E-state index contributed by atoms with van der Waals surface area (Å²) in [7, 11) is 0. The van der Waals surface area contributed by atoms with Crippen LogP contribution in [0.5, 0.6) is 0 Å². The van der Waals surface area contributed by atoms with Crippen molar-refractivity contribution in [2.24, 2.45) is 0 Å². The van der Waals surface area contributed by atoms with Crippen LogP contribution in [0.15, 0.2) is 6.20 Å². The average molecular weight is 306 g/mol. The number of aromatic nitrogens is 2. The van der Waals surface area contributed by atoms with E-state index in [1.54, 1.807) is 0 Å². The molecule has 6 nitrogen and oxygen atoms in total. The summed E-state index contributed by atoms with van der Waals surface area (Å²) in [5.74, 6) is 0.138. The third kappa shape index (κ3) is 3.17. The summed E-state index contributed by atoms with van der Waals surface area (Å²) in [6.45, 7) is 4.08. The van der Waals surface area contributed by atoms with Gasteiger partial charge in [0.25, 0.3) is 0 Å². The molecular weight excluding hydrogens is 280 g/mol. The molecule has 3 rings (SSSR count). The molecule has 1 aromatic heterocycles. The molecule has 1 amide bonds. The zero-order chi connectivity index (χ0) is 15.5. The number of rotatable bonds is 5. The number of fused-ring (bicyclic) bond motifs is 1. The highest BCUT2D eigenvalue weighted by atomic mass is 16.3. The summed E-state index contributed by atoms with van der Waals surface area (Å²) in [6, 6.07) is 0.232. The first-order chi connectivity index (χ1) is 10.7. The van der Waals surface area contributed by atoms with Crippen molar-refractivity contribution in [1.82, 2.24) is 20.0 Å². The smallest absolute Gasteiger partial charge is 0.237 e. The second kappa shape index (κ2) is 6.79. The quantitative estimate of drug-likeness (QED) is 0.852. The number of amides is 1. The van der Waals surface area contributed by atoms with Crippen LogP contribution in [-0.4, -0.2) is 44.4 Å². The second-order valence-electron chi connectivity index (χ2n) is 6.49. The highest BCUT2D eigenvalue weighted by Gasteiger charge is 2.31. The molecule has 0 bridgehead atoms. The lowest BCUT2D eigenvalue weighted by Crippen LogP contribution is -2.47. The van der Waals surface area contributed by atoms with Crippen molar-refractivity contribution in [2.75, 3.05) is 6.61 Å². The maximum atomic E-state index is 12.5. The average Bonchev–Trinajstić information content (AvgIpc) is 3.10. The molecule has 122 valence electrons.